The predicted octanol–water partition coefficient (Wildman–Crippen LogP) is 0.758. The SMILES string of the molecule is C[C@@H](c1ccn(C)n1)[N+](=O)[O-]. The first-order valence-electron chi connectivity index (χ1n) is 3.24. The molecule has 0 bridgehead atoms. The smallest absolute Gasteiger partial charge is 0.253 e. The Balaban J connectivity index is 2.84. The molecule has 0 aliphatic carbocycles. The summed E-state index contributed by atoms with van der Waals surface area (Å²) < 4.78 is 1.55. The van der Waals surface area contributed by atoms with Gasteiger partial charge in [0.05, 0.1) is 0 Å². The predicted molar refractivity (Wildman–Crippen MR) is 38.6 cm³/mol. The second kappa shape index (κ2) is 2.69. The van der Waals surface area contributed by atoms with Crippen molar-refractivity contribution in [2.24, 2.45) is 7.05 Å². The van der Waals surface area contributed by atoms with Crippen LogP contribution < -0.4 is 0 Å². The average molecular weight is 155 g/mol. The maximum Gasteiger partial charge on any atom is 0.253 e. The summed E-state index contributed by atoms with van der Waals surface area (Å²) in [4.78, 5) is 9.91. The van der Waals surface area contributed by atoms with Gasteiger partial charge in [-0.15, -0.1) is 0 Å². The lowest BCUT2D eigenvalue weighted by Gasteiger charge is -1.97. The molecule has 1 heterocycles. The molecule has 5 nitrogen and oxygen atoms in total. The summed E-state index contributed by atoms with van der Waals surface area (Å²) >= 11 is 0. The summed E-state index contributed by atoms with van der Waals surface area (Å²) in [5.74, 6) is 0. The van der Waals surface area contributed by atoms with E-state index in [0.717, 1.165) is 0 Å². The lowest BCUT2D eigenvalue weighted by Crippen LogP contribution is -2.07. The molecule has 1 aromatic rings. The highest BCUT2D eigenvalue weighted by Gasteiger charge is 2.17. The molecule has 0 spiro atoms. The first-order valence-corrected chi connectivity index (χ1v) is 3.24. The molecule has 0 amide bonds. The van der Waals surface area contributed by atoms with Crippen LogP contribution in [-0.2, 0) is 7.05 Å². The molecule has 0 unspecified atom stereocenters. The number of hydrogen-bond acceptors (Lipinski definition) is 3. The highest BCUT2D eigenvalue weighted by Crippen LogP contribution is 2.11. The molecule has 0 saturated carbocycles. The lowest BCUT2D eigenvalue weighted by atomic mass is 10.3. The molecule has 0 aliphatic rings. The zero-order valence-corrected chi connectivity index (χ0v) is 6.39. The van der Waals surface area contributed by atoms with Crippen molar-refractivity contribution in [3.8, 4) is 0 Å². The molecule has 0 radical (unpaired) electrons. The van der Waals surface area contributed by atoms with Gasteiger partial charge in [0.2, 0.25) is 0 Å². The Kier molecular flexibility index (Phi) is 1.89. The number of aryl methyl sites for hydroxylation is 1. The molecule has 0 N–H and O–H groups in total. The van der Waals surface area contributed by atoms with Crippen LogP contribution in [0.5, 0.6) is 0 Å². The topological polar surface area (TPSA) is 61.0 Å². The van der Waals surface area contributed by atoms with Crippen molar-refractivity contribution in [2.45, 2.75) is 13.0 Å². The highest BCUT2D eigenvalue weighted by atomic mass is 16.6. The van der Waals surface area contributed by atoms with Gasteiger partial charge in [-0.05, 0) is 6.07 Å². The maximum absolute atomic E-state index is 10.3. The van der Waals surface area contributed by atoms with Crippen LogP contribution in [0.25, 0.3) is 0 Å². The third-order valence-corrected chi connectivity index (χ3v) is 1.48. The number of rotatable bonds is 2. The fourth-order valence-corrected chi connectivity index (χ4v) is 0.764. The van der Waals surface area contributed by atoms with Crippen LogP contribution in [0.3, 0.4) is 0 Å². The van der Waals surface area contributed by atoms with Crippen molar-refractivity contribution < 1.29 is 4.92 Å². The molecule has 60 valence electrons. The molecule has 0 saturated heterocycles. The Hall–Kier alpha value is -1.39. The highest BCUT2D eigenvalue weighted by molar-refractivity contribution is 5.01. The van der Waals surface area contributed by atoms with Gasteiger partial charge >= 0.3 is 0 Å². The van der Waals surface area contributed by atoms with Gasteiger partial charge in [0.1, 0.15) is 5.69 Å². The van der Waals surface area contributed by atoms with Crippen LogP contribution in [0.2, 0.25) is 0 Å². The van der Waals surface area contributed by atoms with Crippen LogP contribution in [0, 0.1) is 10.1 Å². The van der Waals surface area contributed by atoms with E-state index in [4.69, 9.17) is 0 Å². The van der Waals surface area contributed by atoms with E-state index in [1.54, 1.807) is 24.0 Å². The van der Waals surface area contributed by atoms with Crippen LogP contribution in [-0.4, -0.2) is 14.7 Å². The summed E-state index contributed by atoms with van der Waals surface area (Å²) in [7, 11) is 1.73. The van der Waals surface area contributed by atoms with Gasteiger partial charge in [-0.2, -0.15) is 5.10 Å². The standard InChI is InChI=1S/C6H9N3O2/c1-5(9(10)11)6-3-4-8(2)7-6/h3-5H,1-2H3/t5-/m0/s1. The fraction of sp³-hybridized carbons (Fsp3) is 0.500. The van der Waals surface area contributed by atoms with Crippen LogP contribution in [0.15, 0.2) is 12.3 Å². The summed E-state index contributed by atoms with van der Waals surface area (Å²) in [5.41, 5.74) is 0.498. The van der Waals surface area contributed by atoms with Gasteiger partial charge < -0.3 is 0 Å². The van der Waals surface area contributed by atoms with E-state index in [0.29, 0.717) is 5.69 Å². The van der Waals surface area contributed by atoms with Gasteiger partial charge in [-0.3, -0.25) is 14.8 Å². The van der Waals surface area contributed by atoms with E-state index in [1.165, 1.54) is 6.92 Å². The van der Waals surface area contributed by atoms with Gasteiger partial charge in [-0.25, -0.2) is 0 Å². The number of hydrogen-bond donors (Lipinski definition) is 0. The van der Waals surface area contributed by atoms with E-state index < -0.39 is 6.04 Å². The van der Waals surface area contributed by atoms with E-state index in [1.807, 2.05) is 0 Å². The Morgan fingerprint density at radius 3 is 2.82 bits per heavy atom. The summed E-state index contributed by atoms with van der Waals surface area (Å²) in [6, 6.07) is 0.934. The van der Waals surface area contributed by atoms with Crippen molar-refractivity contribution in [1.82, 2.24) is 9.78 Å². The lowest BCUT2D eigenvalue weighted by molar-refractivity contribution is -0.525. The zero-order chi connectivity index (χ0) is 8.43. The van der Waals surface area contributed by atoms with Gasteiger partial charge in [0, 0.05) is 25.1 Å². The quantitative estimate of drug-likeness (QED) is 0.468. The Bertz CT molecular complexity index is 269. The van der Waals surface area contributed by atoms with Crippen LogP contribution in [0.4, 0.5) is 0 Å². The van der Waals surface area contributed by atoms with Crippen LogP contribution >= 0.6 is 0 Å². The zero-order valence-electron chi connectivity index (χ0n) is 6.39. The second-order valence-corrected chi connectivity index (χ2v) is 2.38. The minimum atomic E-state index is -0.712. The van der Waals surface area contributed by atoms with Crippen molar-refractivity contribution in [3.05, 3.63) is 28.1 Å². The van der Waals surface area contributed by atoms with E-state index in [-0.39, 0.29) is 4.92 Å². The third-order valence-electron chi connectivity index (χ3n) is 1.48. The second-order valence-electron chi connectivity index (χ2n) is 2.38. The Morgan fingerprint density at radius 1 is 1.82 bits per heavy atom. The fourth-order valence-electron chi connectivity index (χ4n) is 0.764. The molecular formula is C6H9N3O2. The Labute approximate surface area is 63.8 Å². The van der Waals surface area contributed by atoms with Crippen molar-refractivity contribution >= 4 is 0 Å². The molecule has 0 fully saturated rings. The molecule has 1 rings (SSSR count). The molecule has 0 aliphatic heterocycles. The minimum absolute atomic E-state index is 0.359. The largest absolute Gasteiger partial charge is 0.275 e. The van der Waals surface area contributed by atoms with E-state index >= 15 is 0 Å². The molecule has 1 atom stereocenters. The summed E-state index contributed by atoms with van der Waals surface area (Å²) in [6.45, 7) is 1.52. The van der Waals surface area contributed by atoms with Crippen LogP contribution in [0.1, 0.15) is 18.7 Å². The molecular weight excluding hydrogens is 146 g/mol. The van der Waals surface area contributed by atoms with E-state index in [9.17, 15) is 10.1 Å². The average Bonchev–Trinajstić information content (AvgIpc) is 2.34. The normalized spacial score (nSPS) is 12.9. The van der Waals surface area contributed by atoms with Crippen molar-refractivity contribution in [3.63, 3.8) is 0 Å². The molecule has 1 aromatic heterocycles. The number of nitro groups is 1. The van der Waals surface area contributed by atoms with Crippen molar-refractivity contribution in [1.29, 1.82) is 0 Å². The van der Waals surface area contributed by atoms with Gasteiger partial charge in [-0.1, -0.05) is 0 Å². The van der Waals surface area contributed by atoms with E-state index in [2.05, 4.69) is 5.10 Å². The third kappa shape index (κ3) is 1.54. The summed E-state index contributed by atoms with van der Waals surface area (Å²) in [5, 5.41) is 14.2. The van der Waals surface area contributed by atoms with Gasteiger partial charge in [0.25, 0.3) is 6.04 Å². The number of aromatic nitrogens is 2. The van der Waals surface area contributed by atoms with Crippen molar-refractivity contribution in [2.75, 3.05) is 0 Å². The first kappa shape index (κ1) is 7.71. The first-order chi connectivity index (χ1) is 5.11. The number of nitrogens with zero attached hydrogens (tertiary/aromatic N) is 3. The maximum atomic E-state index is 10.3. The molecule has 5 heteroatoms. The molecule has 11 heavy (non-hydrogen) atoms. The minimum Gasteiger partial charge on any atom is -0.275 e. The summed E-state index contributed by atoms with van der Waals surface area (Å²) in [6.07, 6.45) is 1.69. The molecule has 0 aromatic carbocycles. The van der Waals surface area contributed by atoms with Gasteiger partial charge in [0.15, 0.2) is 0 Å². The monoisotopic (exact) mass is 155 g/mol. The Morgan fingerprint density at radius 2 is 2.45 bits per heavy atom.